The van der Waals surface area contributed by atoms with Crippen molar-refractivity contribution in [1.29, 1.82) is 0 Å². The minimum absolute atomic E-state index is 0.137. The molecule has 2 N–H and O–H groups in total. The van der Waals surface area contributed by atoms with Gasteiger partial charge < -0.3 is 10.6 Å². The molecule has 0 fully saturated rings. The normalized spacial score (nSPS) is 13.4. The van der Waals surface area contributed by atoms with Crippen molar-refractivity contribution < 1.29 is 13.2 Å². The smallest absolute Gasteiger partial charge is 0.354 e. The minimum Gasteiger partial charge on any atom is -0.354 e. The molecule has 0 radical (unpaired) electrons. The topological polar surface area (TPSA) is 62.7 Å². The summed E-state index contributed by atoms with van der Waals surface area (Å²) in [7, 11) is 0. The van der Waals surface area contributed by atoms with Gasteiger partial charge in [-0.1, -0.05) is 20.8 Å². The third-order valence-corrected chi connectivity index (χ3v) is 2.55. The van der Waals surface area contributed by atoms with E-state index in [9.17, 15) is 13.2 Å². The van der Waals surface area contributed by atoms with Gasteiger partial charge in [0.1, 0.15) is 6.04 Å². The van der Waals surface area contributed by atoms with Gasteiger partial charge in [-0.15, -0.1) is 0 Å². The van der Waals surface area contributed by atoms with E-state index in [1.54, 1.807) is 0 Å². The highest BCUT2D eigenvalue weighted by Gasteiger charge is 2.38. The van der Waals surface area contributed by atoms with Gasteiger partial charge >= 0.3 is 6.18 Å². The number of hydrogen-bond donors (Lipinski definition) is 2. The second-order valence-electron chi connectivity index (χ2n) is 4.67. The average Bonchev–Trinajstić information content (AvgIpc) is 2.31. The maximum Gasteiger partial charge on any atom is 0.408 e. The molecule has 114 valence electrons. The van der Waals surface area contributed by atoms with Gasteiger partial charge in [-0.2, -0.15) is 28.1 Å². The lowest BCUT2D eigenvalue weighted by Crippen LogP contribution is -2.36. The predicted octanol–water partition coefficient (Wildman–Crippen LogP) is 3.35. The molecule has 0 aliphatic carbocycles. The first-order chi connectivity index (χ1) is 9.22. The van der Waals surface area contributed by atoms with Crippen molar-refractivity contribution in [2.75, 3.05) is 17.2 Å². The van der Waals surface area contributed by atoms with Gasteiger partial charge in [0, 0.05) is 6.54 Å². The van der Waals surface area contributed by atoms with Crippen LogP contribution in [-0.2, 0) is 0 Å². The van der Waals surface area contributed by atoms with Gasteiger partial charge in [0.25, 0.3) is 0 Å². The second-order valence-corrected chi connectivity index (χ2v) is 5.01. The van der Waals surface area contributed by atoms with E-state index in [1.165, 1.54) is 6.92 Å². The second kappa shape index (κ2) is 6.92. The predicted molar refractivity (Wildman–Crippen MR) is 71.9 cm³/mol. The van der Waals surface area contributed by atoms with Gasteiger partial charge in [-0.3, -0.25) is 0 Å². The Morgan fingerprint density at radius 2 is 1.75 bits per heavy atom. The van der Waals surface area contributed by atoms with Crippen molar-refractivity contribution in [1.82, 2.24) is 15.0 Å². The van der Waals surface area contributed by atoms with Gasteiger partial charge in [0.15, 0.2) is 0 Å². The minimum atomic E-state index is -4.38. The van der Waals surface area contributed by atoms with Crippen molar-refractivity contribution in [3.05, 3.63) is 5.28 Å². The Hall–Kier alpha value is -1.31. The molecule has 0 saturated heterocycles. The molecule has 20 heavy (non-hydrogen) atoms. The number of alkyl halides is 3. The van der Waals surface area contributed by atoms with E-state index in [2.05, 4.69) is 25.6 Å². The zero-order valence-electron chi connectivity index (χ0n) is 11.4. The van der Waals surface area contributed by atoms with E-state index in [0.717, 1.165) is 0 Å². The molecule has 9 heteroatoms. The molecule has 1 atom stereocenters. The van der Waals surface area contributed by atoms with Crippen LogP contribution in [0.25, 0.3) is 0 Å². The molecule has 0 aliphatic rings. The number of anilines is 2. The number of halogens is 4. The van der Waals surface area contributed by atoms with E-state index in [0.29, 0.717) is 12.5 Å². The Labute approximate surface area is 120 Å². The van der Waals surface area contributed by atoms with E-state index >= 15 is 0 Å². The van der Waals surface area contributed by atoms with Crippen LogP contribution >= 0.6 is 11.6 Å². The van der Waals surface area contributed by atoms with Gasteiger partial charge in [-0.05, 0) is 23.9 Å². The fraction of sp³-hybridized carbons (Fsp3) is 0.727. The summed E-state index contributed by atoms with van der Waals surface area (Å²) in [4.78, 5) is 11.3. The number of rotatable bonds is 6. The molecule has 0 spiro atoms. The van der Waals surface area contributed by atoms with Crippen LogP contribution in [0.4, 0.5) is 25.1 Å². The summed E-state index contributed by atoms with van der Waals surface area (Å²) >= 11 is 5.68. The van der Waals surface area contributed by atoms with Crippen LogP contribution in [0.1, 0.15) is 27.2 Å². The highest BCUT2D eigenvalue weighted by Crippen LogP contribution is 2.25. The first-order valence-corrected chi connectivity index (χ1v) is 6.58. The zero-order chi connectivity index (χ0) is 15.3. The lowest BCUT2D eigenvalue weighted by atomic mass is 10.2. The summed E-state index contributed by atoms with van der Waals surface area (Å²) in [5, 5.41) is 4.95. The molecule has 1 aromatic heterocycles. The van der Waals surface area contributed by atoms with Crippen LogP contribution in [-0.4, -0.2) is 33.7 Å². The van der Waals surface area contributed by atoms with Gasteiger partial charge in [-0.25, -0.2) is 0 Å². The van der Waals surface area contributed by atoms with Gasteiger partial charge in [0.05, 0.1) is 0 Å². The summed E-state index contributed by atoms with van der Waals surface area (Å²) < 4.78 is 38.0. The van der Waals surface area contributed by atoms with Crippen LogP contribution in [0, 0.1) is 5.92 Å². The average molecular weight is 312 g/mol. The molecule has 0 aromatic carbocycles. The fourth-order valence-corrected chi connectivity index (χ4v) is 1.52. The number of aromatic nitrogens is 3. The Bertz CT molecular complexity index is 439. The molecule has 1 rings (SSSR count). The SMILES string of the molecule is CC[C@@H](Nc1nc(Cl)nc(NCC(C)C)n1)C(F)(F)F. The molecule has 0 aliphatic heterocycles. The van der Waals surface area contributed by atoms with Crippen LogP contribution in [0.15, 0.2) is 0 Å². The van der Waals surface area contributed by atoms with E-state index in [-0.39, 0.29) is 23.6 Å². The molecule has 1 aromatic rings. The number of hydrogen-bond acceptors (Lipinski definition) is 5. The first kappa shape index (κ1) is 16.7. The van der Waals surface area contributed by atoms with Crippen molar-refractivity contribution in [2.45, 2.75) is 39.4 Å². The molecule has 5 nitrogen and oxygen atoms in total. The first-order valence-electron chi connectivity index (χ1n) is 6.21. The molecular formula is C11H17ClF3N5. The molecular weight excluding hydrogens is 295 g/mol. The largest absolute Gasteiger partial charge is 0.408 e. The quantitative estimate of drug-likeness (QED) is 0.843. The maximum atomic E-state index is 12.7. The molecule has 1 heterocycles. The van der Waals surface area contributed by atoms with Crippen LogP contribution in [0.2, 0.25) is 5.28 Å². The zero-order valence-corrected chi connectivity index (χ0v) is 12.2. The van der Waals surface area contributed by atoms with E-state index in [4.69, 9.17) is 11.6 Å². The number of nitrogens with zero attached hydrogens (tertiary/aromatic N) is 3. The van der Waals surface area contributed by atoms with Crippen molar-refractivity contribution in [2.24, 2.45) is 5.92 Å². The Balaban J connectivity index is 2.84. The van der Waals surface area contributed by atoms with Crippen LogP contribution in [0.3, 0.4) is 0 Å². The molecule has 0 amide bonds. The van der Waals surface area contributed by atoms with Crippen LogP contribution < -0.4 is 10.6 Å². The third kappa shape index (κ3) is 5.36. The van der Waals surface area contributed by atoms with Gasteiger partial charge in [0.2, 0.25) is 17.2 Å². The van der Waals surface area contributed by atoms with Crippen molar-refractivity contribution >= 4 is 23.5 Å². The highest BCUT2D eigenvalue weighted by molar-refractivity contribution is 6.28. The molecule has 0 bridgehead atoms. The summed E-state index contributed by atoms with van der Waals surface area (Å²) in [6.07, 6.45) is -4.51. The Morgan fingerprint density at radius 3 is 2.25 bits per heavy atom. The van der Waals surface area contributed by atoms with Crippen molar-refractivity contribution in [3.8, 4) is 0 Å². The van der Waals surface area contributed by atoms with Crippen molar-refractivity contribution in [3.63, 3.8) is 0 Å². The highest BCUT2D eigenvalue weighted by atomic mass is 35.5. The van der Waals surface area contributed by atoms with Crippen LogP contribution in [0.5, 0.6) is 0 Å². The number of nitrogens with one attached hydrogen (secondary N) is 2. The lowest BCUT2D eigenvalue weighted by molar-refractivity contribution is -0.143. The lowest BCUT2D eigenvalue weighted by Gasteiger charge is -2.20. The third-order valence-electron chi connectivity index (χ3n) is 2.38. The monoisotopic (exact) mass is 311 g/mol. The standard InChI is InChI=1S/C11H17ClF3N5/c1-4-7(11(13,14)15)17-10-19-8(12)18-9(20-10)16-5-6(2)3/h6-7H,4-5H2,1-3H3,(H2,16,17,18,19,20)/t7-/m1/s1. The molecule has 0 unspecified atom stereocenters. The van der Waals surface area contributed by atoms with E-state index < -0.39 is 12.2 Å². The Kier molecular flexibility index (Phi) is 5.79. The summed E-state index contributed by atoms with van der Waals surface area (Å²) in [6.45, 7) is 5.96. The maximum absolute atomic E-state index is 12.7. The summed E-state index contributed by atoms with van der Waals surface area (Å²) in [5.74, 6) is 0.291. The fourth-order valence-electron chi connectivity index (χ4n) is 1.36. The molecule has 0 saturated carbocycles. The Morgan fingerprint density at radius 1 is 1.15 bits per heavy atom. The summed E-state index contributed by atoms with van der Waals surface area (Å²) in [5.41, 5.74) is 0. The van der Waals surface area contributed by atoms with E-state index in [1.807, 2.05) is 13.8 Å². The summed E-state index contributed by atoms with van der Waals surface area (Å²) in [6, 6.07) is -1.72.